The molecule has 0 aliphatic carbocycles. The van der Waals surface area contributed by atoms with Crippen molar-refractivity contribution in [3.05, 3.63) is 99.8 Å². The highest BCUT2D eigenvalue weighted by Gasteiger charge is 2.38. The predicted molar refractivity (Wildman–Crippen MR) is 103 cm³/mol. The lowest BCUT2D eigenvalue weighted by molar-refractivity contribution is 0.129. The number of nitrogens with zero attached hydrogens (tertiary/aromatic N) is 1. The summed E-state index contributed by atoms with van der Waals surface area (Å²) < 4.78 is 33.1. The Bertz CT molecular complexity index is 1160. The Morgan fingerprint density at radius 3 is 2.72 bits per heavy atom. The molecule has 1 N–H and O–H groups in total. The van der Waals surface area contributed by atoms with E-state index < -0.39 is 29.9 Å². The van der Waals surface area contributed by atoms with E-state index in [0.717, 1.165) is 6.07 Å². The summed E-state index contributed by atoms with van der Waals surface area (Å²) in [4.78, 5) is 16.0. The van der Waals surface area contributed by atoms with Crippen LogP contribution in [0.1, 0.15) is 34.4 Å². The first-order valence-corrected chi connectivity index (χ1v) is 9.03. The molecule has 4 nitrogen and oxygen atoms in total. The van der Waals surface area contributed by atoms with Gasteiger partial charge in [0, 0.05) is 29.1 Å². The molecule has 0 spiro atoms. The highest BCUT2D eigenvalue weighted by atomic mass is 35.5. The maximum Gasteiger partial charge on any atom is 0.408 e. The molecule has 2 unspecified atom stereocenters. The lowest BCUT2D eigenvalue weighted by Gasteiger charge is -2.18. The number of halogens is 3. The van der Waals surface area contributed by atoms with E-state index in [0.29, 0.717) is 21.7 Å². The van der Waals surface area contributed by atoms with Crippen LogP contribution in [0.2, 0.25) is 5.02 Å². The fourth-order valence-electron chi connectivity index (χ4n) is 3.06. The average molecular weight is 411 g/mol. The highest BCUT2D eigenvalue weighted by molar-refractivity contribution is 6.31. The molecule has 2 atom stereocenters. The predicted octanol–water partition coefficient (Wildman–Crippen LogP) is 4.94. The zero-order chi connectivity index (χ0) is 20.4. The first kappa shape index (κ1) is 18.9. The number of hydrogen-bond acceptors (Lipinski definition) is 3. The molecule has 144 valence electrons. The van der Waals surface area contributed by atoms with Crippen LogP contribution in [0, 0.1) is 23.5 Å². The van der Waals surface area contributed by atoms with E-state index in [2.05, 4.69) is 22.1 Å². The Kier molecular flexibility index (Phi) is 5.15. The Morgan fingerprint density at radius 1 is 1.07 bits per heavy atom. The average Bonchev–Trinajstić information content (AvgIpc) is 3.11. The van der Waals surface area contributed by atoms with Gasteiger partial charge in [0.15, 0.2) is 17.7 Å². The van der Waals surface area contributed by atoms with Crippen LogP contribution in [-0.2, 0) is 4.74 Å². The normalized spacial score (nSPS) is 17.8. The molecule has 29 heavy (non-hydrogen) atoms. The summed E-state index contributed by atoms with van der Waals surface area (Å²) in [5, 5.41) is 3.15. The van der Waals surface area contributed by atoms with Crippen LogP contribution in [-0.4, -0.2) is 11.1 Å². The molecule has 1 aliphatic rings. The number of amides is 1. The quantitative estimate of drug-likeness (QED) is 0.609. The number of pyridine rings is 1. The van der Waals surface area contributed by atoms with Crippen molar-refractivity contribution in [1.29, 1.82) is 0 Å². The lowest BCUT2D eigenvalue weighted by atomic mass is 9.96. The third kappa shape index (κ3) is 3.91. The van der Waals surface area contributed by atoms with Crippen molar-refractivity contribution >= 4 is 17.7 Å². The van der Waals surface area contributed by atoms with E-state index in [1.807, 2.05) is 12.1 Å². The first-order valence-electron chi connectivity index (χ1n) is 8.65. The number of benzene rings is 2. The van der Waals surface area contributed by atoms with Crippen LogP contribution in [0.5, 0.6) is 0 Å². The molecule has 0 radical (unpaired) electrons. The van der Waals surface area contributed by atoms with E-state index >= 15 is 0 Å². The summed E-state index contributed by atoms with van der Waals surface area (Å²) in [7, 11) is 0. The van der Waals surface area contributed by atoms with E-state index in [-0.39, 0.29) is 5.56 Å². The lowest BCUT2D eigenvalue weighted by Crippen LogP contribution is -2.20. The fourth-order valence-corrected chi connectivity index (χ4v) is 3.24. The van der Waals surface area contributed by atoms with Gasteiger partial charge < -0.3 is 10.1 Å². The van der Waals surface area contributed by atoms with Crippen LogP contribution in [0.25, 0.3) is 0 Å². The smallest absolute Gasteiger partial charge is 0.408 e. The minimum absolute atomic E-state index is 0.0547. The minimum Gasteiger partial charge on any atom is -0.439 e. The van der Waals surface area contributed by atoms with Crippen molar-refractivity contribution in [3.63, 3.8) is 0 Å². The molecule has 1 aliphatic heterocycles. The number of carbonyl (C=O) groups excluding carboxylic acids is 1. The maximum absolute atomic E-state index is 14.3. The number of aromatic nitrogens is 1. The van der Waals surface area contributed by atoms with Gasteiger partial charge in [0.25, 0.3) is 0 Å². The van der Waals surface area contributed by atoms with Gasteiger partial charge in [0.05, 0.1) is 5.02 Å². The van der Waals surface area contributed by atoms with Crippen molar-refractivity contribution < 1.29 is 18.3 Å². The summed E-state index contributed by atoms with van der Waals surface area (Å²) in [6.07, 6.45) is 1.32. The number of nitrogens with one attached hydrogen (secondary N) is 1. The maximum atomic E-state index is 14.3. The zero-order valence-corrected chi connectivity index (χ0v) is 15.6. The molecule has 0 saturated carbocycles. The summed E-state index contributed by atoms with van der Waals surface area (Å²) in [6, 6.07) is 11.9. The van der Waals surface area contributed by atoms with E-state index in [4.69, 9.17) is 16.3 Å². The molecular weight excluding hydrogens is 398 g/mol. The first-order chi connectivity index (χ1) is 14.0. The Hall–Kier alpha value is -3.43. The molecular formula is C22H13ClF2N2O2. The second-order valence-electron chi connectivity index (χ2n) is 6.33. The summed E-state index contributed by atoms with van der Waals surface area (Å²) >= 11 is 6.11. The van der Waals surface area contributed by atoms with Gasteiger partial charge in [0.2, 0.25) is 0 Å². The van der Waals surface area contributed by atoms with Gasteiger partial charge in [-0.2, -0.15) is 0 Å². The van der Waals surface area contributed by atoms with E-state index in [1.165, 1.54) is 18.3 Å². The molecule has 1 saturated heterocycles. The van der Waals surface area contributed by atoms with Gasteiger partial charge >= 0.3 is 6.09 Å². The summed E-state index contributed by atoms with van der Waals surface area (Å²) in [5.74, 6) is 3.87. The standard InChI is InChI=1S/C22H13ClF2N2O2/c23-17-6-2-1-4-14(17)9-8-13-10-15(12-26-11-13)20-21(29-22(28)27-20)16-5-3-7-18(24)19(16)25/h1-7,10-12,20-21H,(H,27,28). The second kappa shape index (κ2) is 7.90. The Labute approximate surface area is 170 Å². The molecule has 1 amide bonds. The van der Waals surface area contributed by atoms with Gasteiger partial charge in [-0.15, -0.1) is 0 Å². The van der Waals surface area contributed by atoms with Gasteiger partial charge in [-0.1, -0.05) is 47.7 Å². The number of carbonyl (C=O) groups is 1. The van der Waals surface area contributed by atoms with Crippen LogP contribution in [0.3, 0.4) is 0 Å². The van der Waals surface area contributed by atoms with Gasteiger partial charge in [-0.25, -0.2) is 13.6 Å². The van der Waals surface area contributed by atoms with Gasteiger partial charge in [-0.05, 0) is 29.8 Å². The Balaban J connectivity index is 1.67. The van der Waals surface area contributed by atoms with E-state index in [9.17, 15) is 13.6 Å². The van der Waals surface area contributed by atoms with Crippen molar-refractivity contribution in [1.82, 2.24) is 10.3 Å². The summed E-state index contributed by atoms with van der Waals surface area (Å²) in [6.45, 7) is 0. The van der Waals surface area contributed by atoms with Crippen molar-refractivity contribution in [2.45, 2.75) is 12.1 Å². The number of cyclic esters (lactones) is 1. The van der Waals surface area contributed by atoms with Gasteiger partial charge in [0.1, 0.15) is 6.04 Å². The molecule has 3 aromatic rings. The zero-order valence-electron chi connectivity index (χ0n) is 14.8. The molecule has 2 heterocycles. The minimum atomic E-state index is -1.05. The molecule has 2 aromatic carbocycles. The number of ether oxygens (including phenoxy) is 1. The van der Waals surface area contributed by atoms with E-state index in [1.54, 1.807) is 24.4 Å². The highest BCUT2D eigenvalue weighted by Crippen LogP contribution is 2.38. The molecule has 0 bridgehead atoms. The van der Waals surface area contributed by atoms with Crippen molar-refractivity contribution in [3.8, 4) is 11.8 Å². The topological polar surface area (TPSA) is 51.2 Å². The molecule has 1 aromatic heterocycles. The number of rotatable bonds is 2. The molecule has 7 heteroatoms. The van der Waals surface area contributed by atoms with Crippen molar-refractivity contribution in [2.75, 3.05) is 0 Å². The van der Waals surface area contributed by atoms with Gasteiger partial charge in [-0.3, -0.25) is 4.98 Å². The van der Waals surface area contributed by atoms with Crippen molar-refractivity contribution in [2.24, 2.45) is 0 Å². The SMILES string of the molecule is O=C1NC(c2cncc(C#Cc3ccccc3Cl)c2)C(c2cccc(F)c2F)O1. The number of alkyl carbamates (subject to hydrolysis) is 1. The Morgan fingerprint density at radius 2 is 1.90 bits per heavy atom. The van der Waals surface area contributed by atoms with Crippen LogP contribution in [0.15, 0.2) is 60.9 Å². The number of hydrogen-bond donors (Lipinski definition) is 1. The second-order valence-corrected chi connectivity index (χ2v) is 6.73. The fraction of sp³-hybridized carbons (Fsp3) is 0.0909. The van der Waals surface area contributed by atoms with Crippen LogP contribution in [0.4, 0.5) is 13.6 Å². The molecule has 4 rings (SSSR count). The van der Waals surface area contributed by atoms with Crippen LogP contribution >= 0.6 is 11.6 Å². The largest absolute Gasteiger partial charge is 0.439 e. The van der Waals surface area contributed by atoms with Crippen LogP contribution < -0.4 is 5.32 Å². The summed E-state index contributed by atoms with van der Waals surface area (Å²) in [5.41, 5.74) is 1.73. The monoisotopic (exact) mass is 410 g/mol. The third-order valence-electron chi connectivity index (χ3n) is 4.43. The third-order valence-corrected chi connectivity index (χ3v) is 4.76. The molecule has 1 fully saturated rings.